The van der Waals surface area contributed by atoms with Crippen molar-refractivity contribution < 1.29 is 14.3 Å². The van der Waals surface area contributed by atoms with Gasteiger partial charge in [0.15, 0.2) is 5.84 Å². The van der Waals surface area contributed by atoms with E-state index < -0.39 is 12.0 Å². The van der Waals surface area contributed by atoms with Gasteiger partial charge in [0.05, 0.1) is 7.11 Å². The first-order valence-electron chi connectivity index (χ1n) is 11.6. The van der Waals surface area contributed by atoms with E-state index in [0.29, 0.717) is 18.8 Å². The van der Waals surface area contributed by atoms with Gasteiger partial charge in [0.2, 0.25) is 5.91 Å². The number of esters is 1. The molecule has 184 valence electrons. The van der Waals surface area contributed by atoms with Crippen molar-refractivity contribution in [2.45, 2.75) is 52.6 Å². The van der Waals surface area contributed by atoms with Crippen LogP contribution in [0.2, 0.25) is 0 Å². The molecule has 0 radical (unpaired) electrons. The number of hydrazone groups is 1. The molecule has 4 N–H and O–H groups in total. The van der Waals surface area contributed by atoms with E-state index >= 15 is 0 Å². The van der Waals surface area contributed by atoms with Crippen LogP contribution in [0, 0.1) is 5.92 Å². The van der Waals surface area contributed by atoms with E-state index in [2.05, 4.69) is 5.10 Å². The molecule has 1 atom stereocenters. The molecule has 0 heterocycles. The SMILES string of the molecule is CCCCC(=O)N(Cc1ccc(-c2ccccc2/C(=N/N)N(C)N)cc1)C(C(=O)OC)C(C)C. The molecule has 2 aromatic carbocycles. The van der Waals surface area contributed by atoms with Gasteiger partial charge in [-0.15, -0.1) is 0 Å². The average Bonchev–Trinajstić information content (AvgIpc) is 2.82. The molecule has 0 aliphatic heterocycles. The van der Waals surface area contributed by atoms with Gasteiger partial charge in [-0.3, -0.25) is 9.80 Å². The third-order valence-corrected chi connectivity index (χ3v) is 5.72. The largest absolute Gasteiger partial charge is 0.467 e. The molecule has 0 aliphatic carbocycles. The summed E-state index contributed by atoms with van der Waals surface area (Å²) in [5.74, 6) is 11.4. The third kappa shape index (κ3) is 6.57. The molecule has 0 bridgehead atoms. The minimum Gasteiger partial charge on any atom is -0.467 e. The van der Waals surface area contributed by atoms with E-state index in [9.17, 15) is 9.59 Å². The molecule has 0 saturated heterocycles. The number of carbonyl (C=O) groups excluding carboxylic acids is 2. The maximum atomic E-state index is 13.1. The lowest BCUT2D eigenvalue weighted by molar-refractivity contribution is -0.155. The van der Waals surface area contributed by atoms with Crippen molar-refractivity contribution >= 4 is 17.7 Å². The smallest absolute Gasteiger partial charge is 0.328 e. The van der Waals surface area contributed by atoms with Gasteiger partial charge in [-0.25, -0.2) is 10.6 Å². The van der Waals surface area contributed by atoms with E-state index in [1.165, 1.54) is 12.1 Å². The summed E-state index contributed by atoms with van der Waals surface area (Å²) in [4.78, 5) is 27.2. The van der Waals surface area contributed by atoms with Crippen LogP contribution in [0.3, 0.4) is 0 Å². The number of ether oxygens (including phenoxy) is 1. The van der Waals surface area contributed by atoms with Crippen molar-refractivity contribution in [3.63, 3.8) is 0 Å². The third-order valence-electron chi connectivity index (χ3n) is 5.72. The predicted octanol–water partition coefficient (Wildman–Crippen LogP) is 3.50. The van der Waals surface area contributed by atoms with Gasteiger partial charge in [-0.2, -0.15) is 5.10 Å². The Kier molecular flexibility index (Phi) is 10.1. The molecule has 1 unspecified atom stereocenters. The number of rotatable bonds is 10. The minimum atomic E-state index is -0.641. The second-order valence-electron chi connectivity index (χ2n) is 8.64. The number of hydrogen-bond donors (Lipinski definition) is 2. The van der Waals surface area contributed by atoms with Gasteiger partial charge >= 0.3 is 5.97 Å². The highest BCUT2D eigenvalue weighted by molar-refractivity contribution is 6.03. The summed E-state index contributed by atoms with van der Waals surface area (Å²) in [6, 6.07) is 15.0. The maximum absolute atomic E-state index is 13.1. The first-order chi connectivity index (χ1) is 16.2. The lowest BCUT2D eigenvalue weighted by atomic mass is 9.97. The number of hydrogen-bond acceptors (Lipinski definition) is 6. The van der Waals surface area contributed by atoms with Crippen molar-refractivity contribution in [2.24, 2.45) is 22.7 Å². The van der Waals surface area contributed by atoms with Crippen molar-refractivity contribution in [3.05, 3.63) is 59.7 Å². The molecule has 0 fully saturated rings. The number of amidine groups is 1. The molecule has 8 nitrogen and oxygen atoms in total. The quantitative estimate of drug-likeness (QED) is 0.182. The number of hydrazine groups is 1. The Morgan fingerprint density at radius 1 is 1.09 bits per heavy atom. The van der Waals surface area contributed by atoms with E-state index in [1.807, 2.05) is 69.3 Å². The summed E-state index contributed by atoms with van der Waals surface area (Å²) in [7, 11) is 3.04. The standard InChI is InChI=1S/C26H37N5O3/c1-6-7-12-23(32)31(24(18(2)3)26(33)34-5)17-19-13-15-20(16-14-19)21-10-8-9-11-22(21)25(29-27)30(4)28/h8-11,13-16,18,24H,6-7,12,17,27-28H2,1-5H3/b29-25-. The number of carbonyl (C=O) groups is 2. The van der Waals surface area contributed by atoms with E-state index in [4.69, 9.17) is 16.4 Å². The predicted molar refractivity (Wildman–Crippen MR) is 135 cm³/mol. The fourth-order valence-electron chi connectivity index (χ4n) is 3.96. The molecule has 2 rings (SSSR count). The Labute approximate surface area is 202 Å². The molecule has 8 heteroatoms. The number of methoxy groups -OCH3 is 1. The van der Waals surface area contributed by atoms with Gasteiger partial charge in [-0.05, 0) is 29.0 Å². The van der Waals surface area contributed by atoms with Gasteiger partial charge < -0.3 is 15.5 Å². The molecular weight excluding hydrogens is 430 g/mol. The van der Waals surface area contributed by atoms with Crippen molar-refractivity contribution in [2.75, 3.05) is 14.2 Å². The summed E-state index contributed by atoms with van der Waals surface area (Å²) in [5.41, 5.74) is 3.62. The average molecular weight is 468 g/mol. The lowest BCUT2D eigenvalue weighted by Gasteiger charge is -2.32. The van der Waals surface area contributed by atoms with Crippen molar-refractivity contribution in [1.29, 1.82) is 0 Å². The van der Waals surface area contributed by atoms with Crippen molar-refractivity contribution in [3.8, 4) is 11.1 Å². The zero-order valence-corrected chi connectivity index (χ0v) is 20.8. The van der Waals surface area contributed by atoms with E-state index in [-0.39, 0.29) is 11.8 Å². The van der Waals surface area contributed by atoms with Crippen LogP contribution < -0.4 is 11.7 Å². The van der Waals surface area contributed by atoms with Crippen LogP contribution in [-0.2, 0) is 20.9 Å². The van der Waals surface area contributed by atoms with Gasteiger partial charge in [-0.1, -0.05) is 75.7 Å². The molecule has 0 aromatic heterocycles. The van der Waals surface area contributed by atoms with Gasteiger partial charge in [0.1, 0.15) is 6.04 Å². The number of amides is 1. The summed E-state index contributed by atoms with van der Waals surface area (Å²) < 4.78 is 5.02. The molecule has 1 amide bonds. The highest BCUT2D eigenvalue weighted by atomic mass is 16.5. The Morgan fingerprint density at radius 2 is 1.74 bits per heavy atom. The van der Waals surface area contributed by atoms with Gasteiger partial charge in [0.25, 0.3) is 0 Å². The van der Waals surface area contributed by atoms with Gasteiger partial charge in [0, 0.05) is 25.6 Å². The Bertz CT molecular complexity index is 986. The number of nitrogens with zero attached hydrogens (tertiary/aromatic N) is 3. The fraction of sp³-hybridized carbons (Fsp3) is 0.423. The molecule has 0 spiro atoms. The summed E-state index contributed by atoms with van der Waals surface area (Å²) >= 11 is 0. The highest BCUT2D eigenvalue weighted by Crippen LogP contribution is 2.26. The molecule has 34 heavy (non-hydrogen) atoms. The van der Waals surface area contributed by atoms with E-state index in [0.717, 1.165) is 35.1 Å². The lowest BCUT2D eigenvalue weighted by Crippen LogP contribution is -2.48. The number of unbranched alkanes of at least 4 members (excludes halogenated alkanes) is 1. The van der Waals surface area contributed by atoms with Crippen molar-refractivity contribution in [1.82, 2.24) is 9.91 Å². The highest BCUT2D eigenvalue weighted by Gasteiger charge is 2.33. The fourth-order valence-corrected chi connectivity index (χ4v) is 3.96. The van der Waals surface area contributed by atoms with Crippen LogP contribution in [0.5, 0.6) is 0 Å². The summed E-state index contributed by atoms with van der Waals surface area (Å²) in [6.45, 7) is 6.21. The van der Waals surface area contributed by atoms with Crippen LogP contribution in [-0.4, -0.2) is 47.8 Å². The zero-order valence-electron chi connectivity index (χ0n) is 20.8. The van der Waals surface area contributed by atoms with Crippen LogP contribution >= 0.6 is 0 Å². The second kappa shape index (κ2) is 12.7. The Morgan fingerprint density at radius 3 is 2.26 bits per heavy atom. The zero-order chi connectivity index (χ0) is 25.3. The topological polar surface area (TPSA) is 114 Å². The summed E-state index contributed by atoms with van der Waals surface area (Å²) in [5, 5.41) is 5.22. The molecular formula is C26H37N5O3. The number of benzene rings is 2. The summed E-state index contributed by atoms with van der Waals surface area (Å²) in [6.07, 6.45) is 2.08. The normalized spacial score (nSPS) is 12.4. The molecule has 0 aliphatic rings. The van der Waals surface area contributed by atoms with Crippen LogP contribution in [0.1, 0.15) is 51.2 Å². The van der Waals surface area contributed by atoms with Crippen LogP contribution in [0.25, 0.3) is 11.1 Å². The minimum absolute atomic E-state index is 0.0462. The monoisotopic (exact) mass is 467 g/mol. The van der Waals surface area contributed by atoms with Crippen LogP contribution in [0.4, 0.5) is 0 Å². The Balaban J connectivity index is 2.38. The molecule has 0 saturated carbocycles. The second-order valence-corrected chi connectivity index (χ2v) is 8.64. The van der Waals surface area contributed by atoms with E-state index in [1.54, 1.807) is 11.9 Å². The van der Waals surface area contributed by atoms with Crippen LogP contribution in [0.15, 0.2) is 53.6 Å². The molecule has 2 aromatic rings. The Hall–Kier alpha value is -3.39. The number of nitrogens with two attached hydrogens (primary N) is 2. The first-order valence-corrected chi connectivity index (χ1v) is 11.6. The first kappa shape index (κ1) is 26.9. The maximum Gasteiger partial charge on any atom is 0.328 e.